The monoisotopic (exact) mass is 653 g/mol. The number of amides is 1. The van der Waals surface area contributed by atoms with Gasteiger partial charge in [-0.1, -0.05) is 113 Å². The summed E-state index contributed by atoms with van der Waals surface area (Å²) < 4.78 is 26.6. The van der Waals surface area contributed by atoms with Crippen molar-refractivity contribution in [3.05, 3.63) is 60.8 Å². The SMILES string of the molecule is CC/C=C\C/C=C\C/C=C\C/C=C\C/C=C\CCCC(=O)OCC(O)COP(=O)(O)OCCNC(=O)CCCCCCCCC. The average Bonchev–Trinajstić information content (AvgIpc) is 3.02. The predicted molar refractivity (Wildman–Crippen MR) is 183 cm³/mol. The number of phosphoric ester groups is 1. The molecule has 0 aromatic carbocycles. The fraction of sp³-hybridized carbons (Fsp3) is 0.657. The molecule has 0 aliphatic rings. The predicted octanol–water partition coefficient (Wildman–Crippen LogP) is 8.20. The number of hydrogen-bond donors (Lipinski definition) is 3. The van der Waals surface area contributed by atoms with Crippen molar-refractivity contribution < 1.29 is 37.9 Å². The van der Waals surface area contributed by atoms with Gasteiger partial charge < -0.3 is 20.1 Å². The summed E-state index contributed by atoms with van der Waals surface area (Å²) in [5.41, 5.74) is 0. The number of carbonyl (C=O) groups is 2. The van der Waals surface area contributed by atoms with Crippen LogP contribution >= 0.6 is 7.82 Å². The van der Waals surface area contributed by atoms with Crippen molar-refractivity contribution in [1.82, 2.24) is 5.32 Å². The minimum atomic E-state index is -4.41. The van der Waals surface area contributed by atoms with Crippen LogP contribution in [0.1, 0.15) is 117 Å². The van der Waals surface area contributed by atoms with Gasteiger partial charge in [0, 0.05) is 19.4 Å². The molecule has 0 rings (SSSR count). The summed E-state index contributed by atoms with van der Waals surface area (Å²) in [7, 11) is -4.41. The Kier molecular flexibility index (Phi) is 30.1. The number of unbranched alkanes of at least 4 members (excludes halogenated alkanes) is 7. The first-order valence-electron chi connectivity index (χ1n) is 16.8. The van der Waals surface area contributed by atoms with E-state index < -0.39 is 26.5 Å². The van der Waals surface area contributed by atoms with Gasteiger partial charge in [-0.3, -0.25) is 18.6 Å². The normalized spacial score (nSPS) is 14.3. The van der Waals surface area contributed by atoms with Crippen molar-refractivity contribution in [2.75, 3.05) is 26.4 Å². The third-order valence-electron chi connectivity index (χ3n) is 6.46. The van der Waals surface area contributed by atoms with Crippen LogP contribution in [0.4, 0.5) is 0 Å². The summed E-state index contributed by atoms with van der Waals surface area (Å²) in [6.45, 7) is 3.28. The zero-order valence-electron chi connectivity index (χ0n) is 27.8. The second kappa shape index (κ2) is 31.7. The number of nitrogens with one attached hydrogen (secondary N) is 1. The third kappa shape index (κ3) is 32.9. The van der Waals surface area contributed by atoms with E-state index >= 15 is 0 Å². The maximum atomic E-state index is 12.0. The highest BCUT2D eigenvalue weighted by Crippen LogP contribution is 2.42. The Morgan fingerprint density at radius 3 is 1.87 bits per heavy atom. The molecule has 0 spiro atoms. The van der Waals surface area contributed by atoms with Crippen LogP contribution < -0.4 is 5.32 Å². The first-order chi connectivity index (χ1) is 21.8. The van der Waals surface area contributed by atoms with Crippen molar-refractivity contribution in [2.24, 2.45) is 0 Å². The van der Waals surface area contributed by atoms with E-state index in [9.17, 15) is 24.2 Å². The molecule has 2 unspecified atom stereocenters. The topological polar surface area (TPSA) is 131 Å². The van der Waals surface area contributed by atoms with Crippen LogP contribution in [0.5, 0.6) is 0 Å². The van der Waals surface area contributed by atoms with E-state index in [1.807, 2.05) is 6.08 Å². The highest BCUT2D eigenvalue weighted by atomic mass is 31.2. The number of allylic oxidation sites excluding steroid dienone is 10. The van der Waals surface area contributed by atoms with Crippen LogP contribution in [0, 0.1) is 0 Å². The quantitative estimate of drug-likeness (QED) is 0.0306. The maximum Gasteiger partial charge on any atom is 0.472 e. The van der Waals surface area contributed by atoms with Gasteiger partial charge in [-0.2, -0.15) is 0 Å². The Balaban J connectivity index is 3.78. The highest BCUT2D eigenvalue weighted by Gasteiger charge is 2.23. The molecule has 0 aromatic heterocycles. The number of carbonyl (C=O) groups excluding carboxylic acids is 2. The van der Waals surface area contributed by atoms with Crippen LogP contribution in [0.25, 0.3) is 0 Å². The lowest BCUT2D eigenvalue weighted by molar-refractivity contribution is -0.147. The van der Waals surface area contributed by atoms with Gasteiger partial charge in [-0.25, -0.2) is 4.57 Å². The summed E-state index contributed by atoms with van der Waals surface area (Å²) >= 11 is 0. The van der Waals surface area contributed by atoms with Crippen molar-refractivity contribution >= 4 is 19.7 Å². The van der Waals surface area contributed by atoms with Gasteiger partial charge in [0.15, 0.2) is 0 Å². The first-order valence-corrected chi connectivity index (χ1v) is 18.3. The molecular formula is C35H60NO8P. The van der Waals surface area contributed by atoms with Crippen LogP contribution in [0.2, 0.25) is 0 Å². The number of ether oxygens (including phenoxy) is 1. The minimum absolute atomic E-state index is 0.0725. The second-order valence-corrected chi connectivity index (χ2v) is 12.2. The van der Waals surface area contributed by atoms with Crippen molar-refractivity contribution in [3.8, 4) is 0 Å². The molecule has 45 heavy (non-hydrogen) atoms. The molecule has 0 saturated heterocycles. The largest absolute Gasteiger partial charge is 0.472 e. The summed E-state index contributed by atoms with van der Waals surface area (Å²) in [5, 5.41) is 12.6. The summed E-state index contributed by atoms with van der Waals surface area (Å²) in [4.78, 5) is 33.5. The number of aliphatic hydroxyl groups excluding tert-OH is 1. The molecule has 0 bridgehead atoms. The van der Waals surface area contributed by atoms with E-state index in [4.69, 9.17) is 13.8 Å². The molecule has 0 saturated carbocycles. The Morgan fingerprint density at radius 2 is 1.27 bits per heavy atom. The van der Waals surface area contributed by atoms with Gasteiger partial charge in [-0.15, -0.1) is 0 Å². The fourth-order valence-electron chi connectivity index (χ4n) is 3.94. The smallest absolute Gasteiger partial charge is 0.463 e. The van der Waals surface area contributed by atoms with Gasteiger partial charge in [-0.05, 0) is 51.4 Å². The van der Waals surface area contributed by atoms with Crippen molar-refractivity contribution in [2.45, 2.75) is 123 Å². The molecule has 0 heterocycles. The number of phosphoric acid groups is 1. The summed E-state index contributed by atoms with van der Waals surface area (Å²) in [6, 6.07) is 0. The standard InChI is InChI=1S/C35H60NO8P/c1-3-5-7-9-11-12-13-14-15-16-17-18-19-20-22-24-26-28-35(39)42-31-33(37)32-44-45(40,41)43-30-29-36-34(38)27-25-23-21-10-8-6-4-2/h5,7,11-12,14-15,17-18,20,22,33,37H,3-4,6,8-10,13,16,19,21,23-32H2,1-2H3,(H,36,38)(H,40,41)/b7-5-,12-11-,15-14-,18-17-,22-20-. The van der Waals surface area contributed by atoms with Gasteiger partial charge in [0.05, 0.1) is 13.2 Å². The molecule has 1 amide bonds. The molecule has 3 N–H and O–H groups in total. The molecule has 0 radical (unpaired) electrons. The lowest BCUT2D eigenvalue weighted by atomic mass is 10.1. The Morgan fingerprint density at radius 1 is 0.711 bits per heavy atom. The first kappa shape index (κ1) is 42.7. The molecule has 0 aromatic rings. The highest BCUT2D eigenvalue weighted by molar-refractivity contribution is 7.47. The van der Waals surface area contributed by atoms with Gasteiger partial charge in [0.2, 0.25) is 5.91 Å². The van der Waals surface area contributed by atoms with Crippen LogP contribution in [-0.4, -0.2) is 54.3 Å². The molecule has 2 atom stereocenters. The van der Waals surface area contributed by atoms with Crippen LogP contribution in [0.3, 0.4) is 0 Å². The van der Waals surface area contributed by atoms with E-state index in [1.54, 1.807) is 0 Å². The molecule has 0 aliphatic carbocycles. The fourth-order valence-corrected chi connectivity index (χ4v) is 4.70. The Labute approximate surface area is 272 Å². The zero-order valence-corrected chi connectivity index (χ0v) is 28.7. The van der Waals surface area contributed by atoms with Gasteiger partial charge in [0.1, 0.15) is 12.7 Å². The summed E-state index contributed by atoms with van der Waals surface area (Å²) in [5.74, 6) is -0.590. The number of aliphatic hydroxyl groups is 1. The van der Waals surface area contributed by atoms with Crippen molar-refractivity contribution in [3.63, 3.8) is 0 Å². The molecular weight excluding hydrogens is 593 g/mol. The molecule has 9 nitrogen and oxygen atoms in total. The lowest BCUT2D eigenvalue weighted by Crippen LogP contribution is -2.27. The lowest BCUT2D eigenvalue weighted by Gasteiger charge is -2.15. The zero-order chi connectivity index (χ0) is 33.3. The Hall–Kier alpha value is -2.29. The number of hydrogen-bond acceptors (Lipinski definition) is 7. The minimum Gasteiger partial charge on any atom is -0.463 e. The Bertz CT molecular complexity index is 929. The van der Waals surface area contributed by atoms with E-state index in [2.05, 4.69) is 73.8 Å². The molecule has 258 valence electrons. The number of rotatable bonds is 30. The molecule has 10 heteroatoms. The second-order valence-electron chi connectivity index (χ2n) is 10.8. The summed E-state index contributed by atoms with van der Waals surface area (Å²) in [6.07, 6.45) is 34.6. The van der Waals surface area contributed by atoms with Gasteiger partial charge >= 0.3 is 13.8 Å². The van der Waals surface area contributed by atoms with E-state index in [0.717, 1.165) is 57.8 Å². The maximum absolute atomic E-state index is 12.0. The van der Waals surface area contributed by atoms with Gasteiger partial charge in [0.25, 0.3) is 0 Å². The van der Waals surface area contributed by atoms with E-state index in [1.165, 1.54) is 25.7 Å². The average molecular weight is 654 g/mol. The molecule has 0 fully saturated rings. The van der Waals surface area contributed by atoms with E-state index in [-0.39, 0.29) is 32.1 Å². The van der Waals surface area contributed by atoms with Crippen molar-refractivity contribution in [1.29, 1.82) is 0 Å². The third-order valence-corrected chi connectivity index (χ3v) is 7.45. The number of esters is 1. The van der Waals surface area contributed by atoms with E-state index in [0.29, 0.717) is 12.8 Å². The van der Waals surface area contributed by atoms with Crippen LogP contribution in [0.15, 0.2) is 60.8 Å². The molecule has 0 aliphatic heterocycles. The van der Waals surface area contributed by atoms with Crippen LogP contribution in [-0.2, 0) is 27.9 Å².